The van der Waals surface area contributed by atoms with Crippen LogP contribution in [0.3, 0.4) is 0 Å². The first kappa shape index (κ1) is 24.0. The topological polar surface area (TPSA) is 3.24 Å². The van der Waals surface area contributed by atoms with E-state index in [0.717, 1.165) is 0 Å². The van der Waals surface area contributed by atoms with E-state index in [9.17, 15) is 0 Å². The minimum absolute atomic E-state index is 0.0741. The molecule has 0 atom stereocenters. The van der Waals surface area contributed by atoms with Crippen molar-refractivity contribution in [3.05, 3.63) is 157 Å². The minimum Gasteiger partial charge on any atom is -0.312 e. The molecule has 2 aliphatic heterocycles. The molecule has 4 bridgehead atoms. The van der Waals surface area contributed by atoms with E-state index >= 15 is 0 Å². The van der Waals surface area contributed by atoms with Gasteiger partial charge in [0.05, 0.1) is 0 Å². The first-order chi connectivity index (χ1) is 20.1. The maximum Gasteiger partial charge on any atom is 0.248 e. The van der Waals surface area contributed by atoms with Gasteiger partial charge in [0.2, 0.25) is 6.71 Å². The van der Waals surface area contributed by atoms with Gasteiger partial charge in [0, 0.05) is 22.5 Å². The molecule has 6 aromatic rings. The summed E-state index contributed by atoms with van der Waals surface area (Å²) < 4.78 is 0. The smallest absolute Gasteiger partial charge is 0.248 e. The lowest BCUT2D eigenvalue weighted by atomic mass is 9.33. The Morgan fingerprint density at radius 2 is 1.10 bits per heavy atom. The lowest BCUT2D eigenvalue weighted by molar-refractivity contribution is 0.641. The molecule has 0 fully saturated rings. The third-order valence-corrected chi connectivity index (χ3v) is 9.18. The number of rotatable bonds is 2. The lowest BCUT2D eigenvalue weighted by Gasteiger charge is -2.40. The fourth-order valence-electron chi connectivity index (χ4n) is 7.02. The van der Waals surface area contributed by atoms with Crippen LogP contribution in [0, 0.1) is 0 Å². The molecule has 0 spiro atoms. The normalized spacial score (nSPS) is 14.2. The molecule has 0 saturated carbocycles. The molecule has 0 saturated heterocycles. The number of hydrogen-bond donors (Lipinski definition) is 0. The first-order valence-corrected chi connectivity index (χ1v) is 14.5. The molecule has 41 heavy (non-hydrogen) atoms. The molecular formula is C39H30BN. The Labute approximate surface area is 242 Å². The SMILES string of the molecule is CC1(C)c2cccc(c2)-c2cccc(-c3ccccc3)c2B2c3ccccc3N(c3ccccc3)c3ccc1cc32. The van der Waals surface area contributed by atoms with E-state index in [1.165, 1.54) is 66.8 Å². The largest absolute Gasteiger partial charge is 0.312 e. The van der Waals surface area contributed by atoms with Gasteiger partial charge in [-0.25, -0.2) is 0 Å². The van der Waals surface area contributed by atoms with E-state index in [4.69, 9.17) is 0 Å². The highest BCUT2D eigenvalue weighted by Crippen LogP contribution is 2.41. The second-order valence-corrected chi connectivity index (χ2v) is 11.8. The zero-order valence-corrected chi connectivity index (χ0v) is 23.4. The van der Waals surface area contributed by atoms with Gasteiger partial charge in [-0.2, -0.15) is 0 Å². The second-order valence-electron chi connectivity index (χ2n) is 11.8. The highest BCUT2D eigenvalue weighted by Gasteiger charge is 2.39. The van der Waals surface area contributed by atoms with Crippen molar-refractivity contribution in [3.8, 4) is 22.3 Å². The van der Waals surface area contributed by atoms with E-state index in [2.05, 4.69) is 164 Å². The molecule has 194 valence electrons. The van der Waals surface area contributed by atoms with Crippen molar-refractivity contribution >= 4 is 40.2 Å². The van der Waals surface area contributed by atoms with Gasteiger partial charge in [-0.15, -0.1) is 0 Å². The fraction of sp³-hybridized carbons (Fsp3) is 0.0769. The predicted octanol–water partition coefficient (Wildman–Crippen LogP) is 7.96. The van der Waals surface area contributed by atoms with Gasteiger partial charge in [-0.05, 0) is 68.6 Å². The third-order valence-electron chi connectivity index (χ3n) is 9.18. The monoisotopic (exact) mass is 523 g/mol. The molecule has 2 heterocycles. The van der Waals surface area contributed by atoms with Crippen molar-refractivity contribution in [1.29, 1.82) is 0 Å². The van der Waals surface area contributed by atoms with Crippen LogP contribution < -0.4 is 21.3 Å². The zero-order valence-electron chi connectivity index (χ0n) is 23.4. The molecule has 0 amide bonds. The molecule has 0 radical (unpaired) electrons. The van der Waals surface area contributed by atoms with Gasteiger partial charge in [0.15, 0.2) is 0 Å². The van der Waals surface area contributed by atoms with Gasteiger partial charge < -0.3 is 4.90 Å². The fourth-order valence-corrected chi connectivity index (χ4v) is 7.02. The molecule has 0 aliphatic carbocycles. The summed E-state index contributed by atoms with van der Waals surface area (Å²) >= 11 is 0. The predicted molar refractivity (Wildman–Crippen MR) is 175 cm³/mol. The summed E-state index contributed by atoms with van der Waals surface area (Å²) in [5.74, 6) is 0. The van der Waals surface area contributed by atoms with E-state index in [1.807, 2.05) is 0 Å². The van der Waals surface area contributed by atoms with Crippen LogP contribution in [0.25, 0.3) is 22.3 Å². The van der Waals surface area contributed by atoms with Crippen LogP contribution in [0.2, 0.25) is 0 Å². The molecule has 8 rings (SSSR count). The lowest BCUT2D eigenvalue weighted by Crippen LogP contribution is -2.58. The van der Waals surface area contributed by atoms with Gasteiger partial charge in [0.1, 0.15) is 0 Å². The number of benzene rings is 6. The minimum atomic E-state index is -0.140. The number of anilines is 3. The van der Waals surface area contributed by atoms with Crippen LogP contribution >= 0.6 is 0 Å². The van der Waals surface area contributed by atoms with Gasteiger partial charge in [0.25, 0.3) is 0 Å². The number of hydrogen-bond acceptors (Lipinski definition) is 1. The van der Waals surface area contributed by atoms with Crippen molar-refractivity contribution in [2.45, 2.75) is 19.3 Å². The van der Waals surface area contributed by atoms with Gasteiger partial charge in [-0.1, -0.05) is 141 Å². The highest BCUT2D eigenvalue weighted by atomic mass is 15.1. The molecular weight excluding hydrogens is 493 g/mol. The summed E-state index contributed by atoms with van der Waals surface area (Å²) in [6.07, 6.45) is 0. The molecule has 1 nitrogen and oxygen atoms in total. The molecule has 0 N–H and O–H groups in total. The van der Waals surface area contributed by atoms with Crippen LogP contribution in [0.4, 0.5) is 17.1 Å². The quantitative estimate of drug-likeness (QED) is 0.208. The van der Waals surface area contributed by atoms with E-state index < -0.39 is 0 Å². The summed E-state index contributed by atoms with van der Waals surface area (Å²) in [4.78, 5) is 2.45. The first-order valence-electron chi connectivity index (χ1n) is 14.5. The third kappa shape index (κ3) is 3.64. The summed E-state index contributed by atoms with van der Waals surface area (Å²) in [6.45, 7) is 4.79. The molecule has 0 unspecified atom stereocenters. The van der Waals surface area contributed by atoms with Gasteiger partial charge in [-0.3, -0.25) is 0 Å². The van der Waals surface area contributed by atoms with Crippen LogP contribution in [0.1, 0.15) is 25.0 Å². The Bertz CT molecular complexity index is 1920. The van der Waals surface area contributed by atoms with Crippen LogP contribution in [0.15, 0.2) is 146 Å². The van der Waals surface area contributed by atoms with Crippen molar-refractivity contribution in [1.82, 2.24) is 0 Å². The molecule has 6 aromatic carbocycles. The Kier molecular flexibility index (Phi) is 5.34. The van der Waals surface area contributed by atoms with Crippen molar-refractivity contribution < 1.29 is 0 Å². The maximum atomic E-state index is 2.50. The summed E-state index contributed by atoms with van der Waals surface area (Å²) in [6, 6.07) is 54.0. The Morgan fingerprint density at radius 1 is 0.488 bits per heavy atom. The molecule has 0 aromatic heterocycles. The average molecular weight is 523 g/mol. The highest BCUT2D eigenvalue weighted by molar-refractivity contribution is 6.99. The van der Waals surface area contributed by atoms with Crippen LogP contribution in [-0.2, 0) is 5.41 Å². The molecule has 2 aliphatic rings. The van der Waals surface area contributed by atoms with E-state index in [-0.39, 0.29) is 12.1 Å². The number of nitrogens with zero attached hydrogens (tertiary/aromatic N) is 1. The van der Waals surface area contributed by atoms with Crippen molar-refractivity contribution in [3.63, 3.8) is 0 Å². The number of para-hydroxylation sites is 2. The van der Waals surface area contributed by atoms with Gasteiger partial charge >= 0.3 is 0 Å². The van der Waals surface area contributed by atoms with Crippen molar-refractivity contribution in [2.75, 3.05) is 4.90 Å². The standard InChI is InChI=1S/C39H30BN/c1-39(2)29-16-11-15-28(25-29)33-20-12-19-32(27-13-5-3-6-14-27)38(33)40-34-21-9-10-22-36(34)41(31-17-7-4-8-18-31)37-24-23-30(39)26-35(37)40/h3-26H,1-2H3. The van der Waals surface area contributed by atoms with Crippen LogP contribution in [0.5, 0.6) is 0 Å². The Balaban J connectivity index is 1.54. The van der Waals surface area contributed by atoms with Crippen LogP contribution in [-0.4, -0.2) is 6.71 Å². The van der Waals surface area contributed by atoms with E-state index in [0.29, 0.717) is 0 Å². The Hall–Kier alpha value is -4.82. The number of fused-ring (bicyclic) bond motifs is 8. The summed E-state index contributed by atoms with van der Waals surface area (Å²) in [5, 5.41) is 0. The van der Waals surface area contributed by atoms with Crippen molar-refractivity contribution in [2.24, 2.45) is 0 Å². The Morgan fingerprint density at radius 3 is 1.90 bits per heavy atom. The summed E-state index contributed by atoms with van der Waals surface area (Å²) in [5.41, 5.74) is 15.4. The van der Waals surface area contributed by atoms with E-state index in [1.54, 1.807) is 0 Å². The maximum absolute atomic E-state index is 2.50. The second kappa shape index (κ2) is 9.11. The zero-order chi connectivity index (χ0) is 27.6. The summed E-state index contributed by atoms with van der Waals surface area (Å²) in [7, 11) is 0. The average Bonchev–Trinajstić information content (AvgIpc) is 3.03. The molecule has 2 heteroatoms.